The number of aromatic nitrogens is 3. The van der Waals surface area contributed by atoms with Gasteiger partial charge >= 0.3 is 6.18 Å². The Balaban J connectivity index is 2.61. The summed E-state index contributed by atoms with van der Waals surface area (Å²) in [6.07, 6.45) is -3.39. The SMILES string of the molecule is Cc1c(-c2cnc(C(F)(F)F)s2)nc(C(C)(C)C)[nH]c1=O. The van der Waals surface area contributed by atoms with Crippen LogP contribution in [-0.2, 0) is 11.6 Å². The molecule has 0 fully saturated rings. The zero-order chi connectivity index (χ0) is 16.0. The number of rotatable bonds is 1. The molecule has 0 aliphatic heterocycles. The Morgan fingerprint density at radius 3 is 2.33 bits per heavy atom. The maximum absolute atomic E-state index is 12.6. The van der Waals surface area contributed by atoms with E-state index < -0.39 is 16.6 Å². The summed E-state index contributed by atoms with van der Waals surface area (Å²) in [5, 5.41) is -0.948. The van der Waals surface area contributed by atoms with Gasteiger partial charge in [-0.25, -0.2) is 9.97 Å². The van der Waals surface area contributed by atoms with Crippen molar-refractivity contribution in [3.8, 4) is 10.6 Å². The van der Waals surface area contributed by atoms with Gasteiger partial charge in [0.25, 0.3) is 5.56 Å². The number of halogens is 3. The topological polar surface area (TPSA) is 58.6 Å². The van der Waals surface area contributed by atoms with Crippen molar-refractivity contribution in [1.82, 2.24) is 15.0 Å². The van der Waals surface area contributed by atoms with E-state index in [-0.39, 0.29) is 21.7 Å². The molecule has 0 aromatic carbocycles. The van der Waals surface area contributed by atoms with Crippen LogP contribution < -0.4 is 5.56 Å². The first-order chi connectivity index (χ1) is 9.50. The van der Waals surface area contributed by atoms with Crippen LogP contribution in [0.3, 0.4) is 0 Å². The average Bonchev–Trinajstić information content (AvgIpc) is 2.80. The van der Waals surface area contributed by atoms with Crippen molar-refractivity contribution in [2.24, 2.45) is 0 Å². The van der Waals surface area contributed by atoms with Gasteiger partial charge < -0.3 is 4.98 Å². The summed E-state index contributed by atoms with van der Waals surface area (Å²) in [5.41, 5.74) is -0.247. The fraction of sp³-hybridized carbons (Fsp3) is 0.462. The lowest BCUT2D eigenvalue weighted by Gasteiger charge is -2.18. The number of aromatic amines is 1. The van der Waals surface area contributed by atoms with E-state index in [1.54, 1.807) is 0 Å². The maximum Gasteiger partial charge on any atom is 0.443 e. The molecule has 2 heterocycles. The fourth-order valence-corrected chi connectivity index (χ4v) is 2.47. The summed E-state index contributed by atoms with van der Waals surface area (Å²) in [7, 11) is 0. The third kappa shape index (κ3) is 3.15. The van der Waals surface area contributed by atoms with Gasteiger partial charge in [0.1, 0.15) is 5.82 Å². The number of H-pyrrole nitrogens is 1. The summed E-state index contributed by atoms with van der Waals surface area (Å²) in [5.74, 6) is 0.426. The van der Waals surface area contributed by atoms with Gasteiger partial charge in [-0.1, -0.05) is 20.8 Å². The number of thiazole rings is 1. The number of nitrogens with zero attached hydrogens (tertiary/aromatic N) is 2. The van der Waals surface area contributed by atoms with Crippen molar-refractivity contribution in [2.75, 3.05) is 0 Å². The molecule has 0 saturated carbocycles. The molecule has 1 N–H and O–H groups in total. The third-order valence-electron chi connectivity index (χ3n) is 2.84. The minimum absolute atomic E-state index is 0.233. The van der Waals surface area contributed by atoms with Crippen LogP contribution in [-0.4, -0.2) is 15.0 Å². The standard InChI is InChI=1S/C13H14F3N3OS/c1-6-8(7-5-17-11(21-7)13(14,15)16)18-10(12(2,3)4)19-9(6)20/h5H,1-4H3,(H,18,19,20). The van der Waals surface area contributed by atoms with Gasteiger partial charge in [0.15, 0.2) is 5.01 Å². The average molecular weight is 317 g/mol. The third-order valence-corrected chi connectivity index (χ3v) is 3.89. The van der Waals surface area contributed by atoms with Crippen LogP contribution >= 0.6 is 11.3 Å². The van der Waals surface area contributed by atoms with Crippen molar-refractivity contribution in [1.29, 1.82) is 0 Å². The van der Waals surface area contributed by atoms with Crippen molar-refractivity contribution in [2.45, 2.75) is 39.3 Å². The molecule has 0 atom stereocenters. The quantitative estimate of drug-likeness (QED) is 0.875. The zero-order valence-electron chi connectivity index (χ0n) is 11.9. The van der Waals surface area contributed by atoms with Crippen LogP contribution in [0.5, 0.6) is 0 Å². The Morgan fingerprint density at radius 1 is 1.24 bits per heavy atom. The van der Waals surface area contributed by atoms with E-state index in [0.29, 0.717) is 17.2 Å². The molecule has 8 heteroatoms. The van der Waals surface area contributed by atoms with Gasteiger partial charge in [-0.05, 0) is 6.92 Å². The van der Waals surface area contributed by atoms with Crippen LogP contribution in [0.2, 0.25) is 0 Å². The summed E-state index contributed by atoms with van der Waals surface area (Å²) in [4.78, 5) is 22.5. The zero-order valence-corrected chi connectivity index (χ0v) is 12.7. The number of hydrogen-bond acceptors (Lipinski definition) is 4. The fourth-order valence-electron chi connectivity index (χ4n) is 1.64. The van der Waals surface area contributed by atoms with Crippen LogP contribution in [0, 0.1) is 6.92 Å². The summed E-state index contributed by atoms with van der Waals surface area (Å²) in [6, 6.07) is 0. The van der Waals surface area contributed by atoms with E-state index >= 15 is 0 Å². The highest BCUT2D eigenvalue weighted by Crippen LogP contribution is 2.36. The first-order valence-electron chi connectivity index (χ1n) is 6.15. The molecule has 2 rings (SSSR count). The van der Waals surface area contributed by atoms with Gasteiger partial charge in [0.2, 0.25) is 0 Å². The first-order valence-corrected chi connectivity index (χ1v) is 6.96. The molecular formula is C13H14F3N3OS. The molecule has 0 bridgehead atoms. The molecule has 0 aliphatic carbocycles. The molecule has 0 spiro atoms. The molecule has 0 saturated heterocycles. The highest BCUT2D eigenvalue weighted by molar-refractivity contribution is 7.15. The van der Waals surface area contributed by atoms with Crippen LogP contribution in [0.1, 0.15) is 37.2 Å². The number of hydrogen-bond donors (Lipinski definition) is 1. The van der Waals surface area contributed by atoms with Crippen LogP contribution in [0.15, 0.2) is 11.0 Å². The number of alkyl halides is 3. The molecule has 0 unspecified atom stereocenters. The van der Waals surface area contributed by atoms with Crippen molar-refractivity contribution < 1.29 is 13.2 Å². The van der Waals surface area contributed by atoms with Gasteiger partial charge in [-0.2, -0.15) is 13.2 Å². The molecule has 2 aromatic rings. The van der Waals surface area contributed by atoms with Gasteiger partial charge in [0.05, 0.1) is 10.6 Å². The van der Waals surface area contributed by atoms with E-state index in [0.717, 1.165) is 6.20 Å². The van der Waals surface area contributed by atoms with E-state index in [1.165, 1.54) is 6.92 Å². The lowest BCUT2D eigenvalue weighted by atomic mass is 9.95. The second kappa shape index (κ2) is 4.94. The minimum atomic E-state index is -4.50. The van der Waals surface area contributed by atoms with E-state index in [9.17, 15) is 18.0 Å². The Labute approximate surface area is 123 Å². The summed E-state index contributed by atoms with van der Waals surface area (Å²) < 4.78 is 37.9. The minimum Gasteiger partial charge on any atom is -0.310 e. The van der Waals surface area contributed by atoms with Crippen LogP contribution in [0.4, 0.5) is 13.2 Å². The molecule has 2 aromatic heterocycles. The maximum atomic E-state index is 12.6. The van der Waals surface area contributed by atoms with Crippen LogP contribution in [0.25, 0.3) is 10.6 Å². The molecule has 114 valence electrons. The molecule has 0 amide bonds. The molecular weight excluding hydrogens is 303 g/mol. The van der Waals surface area contributed by atoms with E-state index in [1.807, 2.05) is 20.8 Å². The monoisotopic (exact) mass is 317 g/mol. The second-order valence-corrected chi connectivity index (χ2v) is 6.70. The molecule has 4 nitrogen and oxygen atoms in total. The molecule has 0 aliphatic rings. The smallest absolute Gasteiger partial charge is 0.310 e. The lowest BCUT2D eigenvalue weighted by Crippen LogP contribution is -2.24. The normalized spacial score (nSPS) is 12.7. The van der Waals surface area contributed by atoms with E-state index in [4.69, 9.17) is 0 Å². The molecule has 0 radical (unpaired) electrons. The van der Waals surface area contributed by atoms with Crippen molar-refractivity contribution >= 4 is 11.3 Å². The Kier molecular flexibility index (Phi) is 3.69. The molecule has 21 heavy (non-hydrogen) atoms. The summed E-state index contributed by atoms with van der Waals surface area (Å²) in [6.45, 7) is 7.11. The Morgan fingerprint density at radius 2 is 1.86 bits per heavy atom. The highest BCUT2D eigenvalue weighted by atomic mass is 32.1. The first kappa shape index (κ1) is 15.7. The second-order valence-electron chi connectivity index (χ2n) is 5.67. The predicted octanol–water partition coefficient (Wildman–Crippen LogP) is 3.52. The van der Waals surface area contributed by atoms with Crippen molar-refractivity contribution in [3.05, 3.63) is 32.9 Å². The van der Waals surface area contributed by atoms with Crippen molar-refractivity contribution in [3.63, 3.8) is 0 Å². The van der Waals surface area contributed by atoms with E-state index in [2.05, 4.69) is 15.0 Å². The van der Waals surface area contributed by atoms with Gasteiger partial charge in [0, 0.05) is 17.2 Å². The largest absolute Gasteiger partial charge is 0.443 e. The van der Waals surface area contributed by atoms with Gasteiger partial charge in [-0.15, -0.1) is 11.3 Å². The predicted molar refractivity (Wildman–Crippen MR) is 74.4 cm³/mol. The number of nitrogens with one attached hydrogen (secondary N) is 1. The Bertz CT molecular complexity index is 725. The highest BCUT2D eigenvalue weighted by Gasteiger charge is 2.35. The Hall–Kier alpha value is -1.70. The lowest BCUT2D eigenvalue weighted by molar-refractivity contribution is -0.137. The van der Waals surface area contributed by atoms with Gasteiger partial charge in [-0.3, -0.25) is 4.79 Å². The summed E-state index contributed by atoms with van der Waals surface area (Å²) >= 11 is 0.484.